The first-order valence-corrected chi connectivity index (χ1v) is 9.13. The zero-order valence-corrected chi connectivity index (χ0v) is 15.0. The predicted octanol–water partition coefficient (Wildman–Crippen LogP) is 3.02. The summed E-state index contributed by atoms with van der Waals surface area (Å²) in [6.45, 7) is 2.42. The lowest BCUT2D eigenvalue weighted by atomic mass is 10.3. The quantitative estimate of drug-likeness (QED) is 0.592. The molecule has 26 heavy (non-hydrogen) atoms. The molecule has 7 heteroatoms. The van der Waals surface area contributed by atoms with Crippen LogP contribution in [0.3, 0.4) is 0 Å². The highest BCUT2D eigenvalue weighted by Gasteiger charge is 2.10. The van der Waals surface area contributed by atoms with Crippen LogP contribution in [0.1, 0.15) is 17.0 Å². The number of aromatic nitrogens is 4. The summed E-state index contributed by atoms with van der Waals surface area (Å²) in [7, 11) is 0. The lowest BCUT2D eigenvalue weighted by Crippen LogP contribution is -2.24. The highest BCUT2D eigenvalue weighted by Crippen LogP contribution is 2.21. The van der Waals surface area contributed by atoms with Gasteiger partial charge in [0.2, 0.25) is 5.91 Å². The molecule has 6 nitrogen and oxygen atoms in total. The molecule has 0 atom stereocenters. The van der Waals surface area contributed by atoms with Crippen LogP contribution < -0.4 is 5.32 Å². The van der Waals surface area contributed by atoms with Gasteiger partial charge in [0.1, 0.15) is 10.7 Å². The van der Waals surface area contributed by atoms with E-state index in [4.69, 9.17) is 0 Å². The van der Waals surface area contributed by atoms with Crippen LogP contribution in [-0.2, 0) is 17.8 Å². The maximum absolute atomic E-state index is 12.2. The van der Waals surface area contributed by atoms with Crippen molar-refractivity contribution in [3.63, 3.8) is 0 Å². The van der Waals surface area contributed by atoms with Gasteiger partial charge in [-0.25, -0.2) is 9.97 Å². The molecule has 4 aromatic rings. The molecule has 0 aliphatic carbocycles. The third-order valence-corrected chi connectivity index (χ3v) is 4.89. The van der Waals surface area contributed by atoms with Crippen molar-refractivity contribution >= 4 is 22.9 Å². The van der Waals surface area contributed by atoms with Gasteiger partial charge >= 0.3 is 0 Å². The molecule has 0 spiro atoms. The average molecular weight is 363 g/mol. The molecule has 0 unspecified atom stereocenters. The second-order valence-electron chi connectivity index (χ2n) is 5.97. The van der Waals surface area contributed by atoms with Crippen LogP contribution in [-0.4, -0.2) is 25.3 Å². The number of rotatable bonds is 5. The van der Waals surface area contributed by atoms with Gasteiger partial charge in [-0.05, 0) is 30.7 Å². The second-order valence-corrected chi connectivity index (χ2v) is 6.82. The molecule has 4 heterocycles. The van der Waals surface area contributed by atoms with E-state index in [2.05, 4.69) is 20.3 Å². The van der Waals surface area contributed by atoms with E-state index >= 15 is 0 Å². The van der Waals surface area contributed by atoms with Gasteiger partial charge in [0.25, 0.3) is 0 Å². The molecule has 0 saturated carbocycles. The van der Waals surface area contributed by atoms with E-state index in [1.165, 1.54) is 11.3 Å². The standard InChI is InChI=1S/C19H17N5OS/c1-13-5-4-8-24-11-15(22-18(13)24)10-21-17(25)9-14-12-26-19(23-14)16-6-2-3-7-20-16/h2-8,11-12H,9-10H2,1H3,(H,21,25). The Morgan fingerprint density at radius 2 is 2.12 bits per heavy atom. The Morgan fingerprint density at radius 1 is 1.19 bits per heavy atom. The Hall–Kier alpha value is -3.06. The molecule has 0 aliphatic heterocycles. The van der Waals surface area contributed by atoms with Crippen molar-refractivity contribution in [3.05, 3.63) is 71.3 Å². The number of hydrogen-bond donors (Lipinski definition) is 1. The fourth-order valence-electron chi connectivity index (χ4n) is 2.70. The van der Waals surface area contributed by atoms with Gasteiger partial charge in [0, 0.05) is 24.0 Å². The summed E-state index contributed by atoms with van der Waals surface area (Å²) in [6, 6.07) is 9.70. The monoisotopic (exact) mass is 363 g/mol. The van der Waals surface area contributed by atoms with Crippen LogP contribution in [0.5, 0.6) is 0 Å². The molecule has 0 aromatic carbocycles. The highest BCUT2D eigenvalue weighted by molar-refractivity contribution is 7.13. The van der Waals surface area contributed by atoms with Gasteiger partial charge in [-0.1, -0.05) is 12.1 Å². The first-order valence-electron chi connectivity index (χ1n) is 8.25. The summed E-state index contributed by atoms with van der Waals surface area (Å²) in [6.07, 6.45) is 5.87. The van der Waals surface area contributed by atoms with E-state index in [0.717, 1.165) is 33.3 Å². The molecule has 4 aromatic heterocycles. The van der Waals surface area contributed by atoms with Crippen molar-refractivity contribution in [1.29, 1.82) is 0 Å². The third-order valence-electron chi connectivity index (χ3n) is 3.97. The number of imidazole rings is 1. The van der Waals surface area contributed by atoms with Crippen molar-refractivity contribution in [1.82, 2.24) is 24.7 Å². The second kappa shape index (κ2) is 7.05. The smallest absolute Gasteiger partial charge is 0.226 e. The number of aryl methyl sites for hydroxylation is 1. The summed E-state index contributed by atoms with van der Waals surface area (Å²) in [5.74, 6) is -0.0725. The number of nitrogens with one attached hydrogen (secondary N) is 1. The maximum atomic E-state index is 12.2. The highest BCUT2D eigenvalue weighted by atomic mass is 32.1. The lowest BCUT2D eigenvalue weighted by molar-refractivity contribution is -0.120. The predicted molar refractivity (Wildman–Crippen MR) is 101 cm³/mol. The SMILES string of the molecule is Cc1cccn2cc(CNC(=O)Cc3csc(-c4ccccn4)n3)nc12. The summed E-state index contributed by atoms with van der Waals surface area (Å²) in [5.41, 5.74) is 4.43. The first kappa shape index (κ1) is 16.4. The Bertz CT molecular complexity index is 1050. The summed E-state index contributed by atoms with van der Waals surface area (Å²) in [4.78, 5) is 25.6. The largest absolute Gasteiger partial charge is 0.350 e. The molecule has 0 saturated heterocycles. The third kappa shape index (κ3) is 3.48. The van der Waals surface area contributed by atoms with Crippen LogP contribution in [0.4, 0.5) is 0 Å². The number of thiazole rings is 1. The molecular formula is C19H17N5OS. The van der Waals surface area contributed by atoms with Crippen LogP contribution >= 0.6 is 11.3 Å². The normalized spacial score (nSPS) is 11.0. The number of hydrogen-bond acceptors (Lipinski definition) is 5. The van der Waals surface area contributed by atoms with E-state index in [0.29, 0.717) is 6.54 Å². The summed E-state index contributed by atoms with van der Waals surface area (Å²) in [5, 5.41) is 5.64. The molecule has 130 valence electrons. The minimum Gasteiger partial charge on any atom is -0.350 e. The van der Waals surface area contributed by atoms with Gasteiger partial charge in [-0.15, -0.1) is 11.3 Å². The van der Waals surface area contributed by atoms with Crippen molar-refractivity contribution in [2.75, 3.05) is 0 Å². The number of nitrogens with zero attached hydrogens (tertiary/aromatic N) is 4. The minimum atomic E-state index is -0.0725. The van der Waals surface area contributed by atoms with E-state index in [1.54, 1.807) is 6.20 Å². The molecule has 1 amide bonds. The van der Waals surface area contributed by atoms with Crippen molar-refractivity contribution in [3.8, 4) is 10.7 Å². The zero-order chi connectivity index (χ0) is 17.9. The van der Waals surface area contributed by atoms with Gasteiger partial charge in [0.15, 0.2) is 0 Å². The topological polar surface area (TPSA) is 72.2 Å². The van der Waals surface area contributed by atoms with Crippen LogP contribution in [0.15, 0.2) is 54.3 Å². The summed E-state index contributed by atoms with van der Waals surface area (Å²) < 4.78 is 1.97. The number of amides is 1. The van der Waals surface area contributed by atoms with E-state index in [-0.39, 0.29) is 12.3 Å². The maximum Gasteiger partial charge on any atom is 0.226 e. The Labute approximate surface area is 154 Å². The van der Waals surface area contributed by atoms with Gasteiger partial charge in [-0.3, -0.25) is 9.78 Å². The lowest BCUT2D eigenvalue weighted by Gasteiger charge is -2.01. The fourth-order valence-corrected chi connectivity index (χ4v) is 3.50. The minimum absolute atomic E-state index is 0.0725. The first-order chi connectivity index (χ1) is 12.7. The molecule has 0 bridgehead atoms. The molecule has 0 fully saturated rings. The Morgan fingerprint density at radius 3 is 2.92 bits per heavy atom. The van der Waals surface area contributed by atoms with Gasteiger partial charge in [0.05, 0.1) is 30.0 Å². The average Bonchev–Trinajstić information content (AvgIpc) is 3.28. The number of carbonyl (C=O) groups is 1. The Balaban J connectivity index is 1.38. The molecule has 4 rings (SSSR count). The van der Waals surface area contributed by atoms with Crippen LogP contribution in [0.2, 0.25) is 0 Å². The van der Waals surface area contributed by atoms with E-state index in [1.807, 2.05) is 59.4 Å². The van der Waals surface area contributed by atoms with Crippen molar-refractivity contribution in [2.24, 2.45) is 0 Å². The van der Waals surface area contributed by atoms with Crippen molar-refractivity contribution < 1.29 is 4.79 Å². The van der Waals surface area contributed by atoms with Crippen molar-refractivity contribution in [2.45, 2.75) is 19.9 Å². The van der Waals surface area contributed by atoms with Crippen LogP contribution in [0.25, 0.3) is 16.3 Å². The molecular weight excluding hydrogens is 346 g/mol. The van der Waals surface area contributed by atoms with Gasteiger partial charge < -0.3 is 9.72 Å². The molecule has 0 radical (unpaired) electrons. The van der Waals surface area contributed by atoms with E-state index < -0.39 is 0 Å². The Kier molecular flexibility index (Phi) is 4.45. The van der Waals surface area contributed by atoms with Crippen LogP contribution in [0, 0.1) is 6.92 Å². The molecule has 1 N–H and O–H groups in total. The van der Waals surface area contributed by atoms with Gasteiger partial charge in [-0.2, -0.15) is 0 Å². The molecule has 0 aliphatic rings. The summed E-state index contributed by atoms with van der Waals surface area (Å²) >= 11 is 1.49. The van der Waals surface area contributed by atoms with E-state index in [9.17, 15) is 4.79 Å². The number of carbonyl (C=O) groups excluding carboxylic acids is 1. The number of fused-ring (bicyclic) bond motifs is 1. The number of pyridine rings is 2. The zero-order valence-electron chi connectivity index (χ0n) is 14.2. The fraction of sp³-hybridized carbons (Fsp3) is 0.158.